The molecule has 0 aromatic heterocycles. The summed E-state index contributed by atoms with van der Waals surface area (Å²) in [6, 6.07) is 12.8. The minimum absolute atomic E-state index is 0.0148. The Morgan fingerprint density at radius 1 is 0.872 bits per heavy atom. The number of carbonyl (C=O) groups excluding carboxylic acids is 4. The fraction of sp³-hybridized carbons (Fsp3) is 0.185. The Morgan fingerprint density at radius 3 is 2.05 bits per heavy atom. The molecule has 8 nitrogen and oxygen atoms in total. The molecule has 5 rings (SSSR count). The van der Waals surface area contributed by atoms with Gasteiger partial charge in [-0.15, -0.1) is 0 Å². The van der Waals surface area contributed by atoms with Crippen molar-refractivity contribution in [1.82, 2.24) is 0 Å². The number of ether oxygens (including phenoxy) is 2. The van der Waals surface area contributed by atoms with E-state index in [1.165, 1.54) is 29.2 Å². The van der Waals surface area contributed by atoms with Crippen LogP contribution in [0.5, 0.6) is 11.5 Å². The average Bonchev–Trinajstić information content (AvgIpc) is 3.44. The summed E-state index contributed by atoms with van der Waals surface area (Å²) in [6.45, 7) is 2.42. The maximum Gasteiger partial charge on any atom is 0.316 e. The lowest BCUT2D eigenvalue weighted by atomic mass is 10.1. The summed E-state index contributed by atoms with van der Waals surface area (Å²) in [7, 11) is 0. The number of benzene rings is 3. The smallest absolute Gasteiger partial charge is 0.316 e. The molecule has 0 radical (unpaired) electrons. The molecule has 12 heteroatoms. The van der Waals surface area contributed by atoms with Crippen LogP contribution in [0.1, 0.15) is 34.1 Å². The Labute approximate surface area is 242 Å². The normalized spacial score (nSPS) is 16.6. The van der Waals surface area contributed by atoms with Gasteiger partial charge in [0.15, 0.2) is 0 Å². The van der Waals surface area contributed by atoms with E-state index < -0.39 is 23.7 Å². The van der Waals surface area contributed by atoms with Crippen LogP contribution >= 0.6 is 46.4 Å². The molecule has 3 amide bonds. The Bertz CT molecular complexity index is 1500. The second kappa shape index (κ2) is 10.7. The molecule has 2 aliphatic heterocycles. The number of fused-ring (bicyclic) bond motifs is 1. The van der Waals surface area contributed by atoms with Crippen LogP contribution in [-0.4, -0.2) is 36.8 Å². The van der Waals surface area contributed by atoms with Crippen molar-refractivity contribution in [2.75, 3.05) is 23.0 Å². The van der Waals surface area contributed by atoms with Gasteiger partial charge in [-0.05, 0) is 43.3 Å². The first-order chi connectivity index (χ1) is 18.6. The van der Waals surface area contributed by atoms with Gasteiger partial charge in [0, 0.05) is 13.0 Å². The monoisotopic (exact) mass is 606 g/mol. The third-order valence-electron chi connectivity index (χ3n) is 6.33. The molecular weight excluding hydrogens is 590 g/mol. The lowest BCUT2D eigenvalue weighted by Gasteiger charge is -2.20. The van der Waals surface area contributed by atoms with Gasteiger partial charge in [0.05, 0.1) is 55.1 Å². The number of carbonyl (C=O) groups is 4. The number of hydrogen-bond acceptors (Lipinski definition) is 6. The summed E-state index contributed by atoms with van der Waals surface area (Å²) in [5.41, 5.74) is 0.499. The number of esters is 1. The summed E-state index contributed by atoms with van der Waals surface area (Å²) in [6.07, 6.45) is -0.0148. The van der Waals surface area contributed by atoms with Crippen LogP contribution in [-0.2, 0) is 9.59 Å². The molecule has 0 saturated carbocycles. The van der Waals surface area contributed by atoms with Crippen LogP contribution in [0.2, 0.25) is 20.1 Å². The van der Waals surface area contributed by atoms with Crippen molar-refractivity contribution in [2.24, 2.45) is 5.92 Å². The highest BCUT2D eigenvalue weighted by Gasteiger charge is 2.42. The first kappa shape index (κ1) is 27.3. The number of halogens is 4. The van der Waals surface area contributed by atoms with Gasteiger partial charge in [-0.1, -0.05) is 58.5 Å². The molecule has 1 saturated heterocycles. The SMILES string of the molecule is CCOc1ccccc1N1C[C@@H](C(=O)Oc2ccc(N3C(=O)c4c(Cl)c(Cl)c(Cl)c(Cl)c4C3=O)cc2)CC1=O. The Morgan fingerprint density at radius 2 is 1.46 bits per heavy atom. The average molecular weight is 608 g/mol. The van der Waals surface area contributed by atoms with Gasteiger partial charge in [-0.3, -0.25) is 19.2 Å². The minimum Gasteiger partial charge on any atom is -0.492 e. The largest absolute Gasteiger partial charge is 0.492 e. The zero-order valence-corrected chi connectivity index (χ0v) is 23.2. The summed E-state index contributed by atoms with van der Waals surface area (Å²) in [5.74, 6) is -2.22. The molecule has 0 bridgehead atoms. The van der Waals surface area contributed by atoms with Crippen molar-refractivity contribution < 1.29 is 28.7 Å². The Kier molecular flexibility index (Phi) is 7.48. The highest BCUT2D eigenvalue weighted by Crippen LogP contribution is 2.45. The molecule has 2 heterocycles. The van der Waals surface area contributed by atoms with E-state index in [1.54, 1.807) is 24.3 Å². The summed E-state index contributed by atoms with van der Waals surface area (Å²) in [5, 5.41) is -0.594. The predicted octanol–water partition coefficient (Wildman–Crippen LogP) is 6.46. The molecule has 0 aliphatic carbocycles. The number of imide groups is 1. The second-order valence-electron chi connectivity index (χ2n) is 8.67. The van der Waals surface area contributed by atoms with Crippen molar-refractivity contribution >= 4 is 81.5 Å². The lowest BCUT2D eigenvalue weighted by molar-refractivity contribution is -0.139. The van der Waals surface area contributed by atoms with Gasteiger partial charge in [0.25, 0.3) is 11.8 Å². The van der Waals surface area contributed by atoms with Gasteiger partial charge >= 0.3 is 5.97 Å². The Balaban J connectivity index is 1.30. The lowest BCUT2D eigenvalue weighted by Crippen LogP contribution is -2.29. The van der Waals surface area contributed by atoms with Crippen LogP contribution in [0.3, 0.4) is 0 Å². The number of para-hydroxylation sites is 2. The number of hydrogen-bond donors (Lipinski definition) is 0. The third kappa shape index (κ3) is 4.72. The van der Waals surface area contributed by atoms with Crippen molar-refractivity contribution in [3.8, 4) is 11.5 Å². The number of rotatable bonds is 6. The predicted molar refractivity (Wildman–Crippen MR) is 148 cm³/mol. The van der Waals surface area contributed by atoms with Crippen LogP contribution in [0, 0.1) is 5.92 Å². The number of amides is 3. The van der Waals surface area contributed by atoms with Crippen molar-refractivity contribution in [3.05, 3.63) is 79.7 Å². The maximum atomic E-state index is 13.1. The standard InChI is InChI=1S/C27H18Cl4N2O6/c1-2-38-17-6-4-3-5-16(17)32-12-13(11-18(32)34)27(37)39-15-9-7-14(8-10-15)33-25(35)19-20(26(33)36)22(29)24(31)23(30)21(19)28/h3-10,13H,2,11-12H2,1H3/t13-/m0/s1. The zero-order valence-electron chi connectivity index (χ0n) is 20.2. The van der Waals surface area contributed by atoms with Crippen LogP contribution in [0.4, 0.5) is 11.4 Å². The molecular formula is C27H18Cl4N2O6. The van der Waals surface area contributed by atoms with E-state index in [1.807, 2.05) is 6.92 Å². The fourth-order valence-corrected chi connectivity index (χ4v) is 5.52. The number of nitrogens with zero attached hydrogens (tertiary/aromatic N) is 2. The first-order valence-electron chi connectivity index (χ1n) is 11.7. The first-order valence-corrected chi connectivity index (χ1v) is 13.2. The highest BCUT2D eigenvalue weighted by molar-refractivity contribution is 6.56. The fourth-order valence-electron chi connectivity index (χ4n) is 4.50. The molecule has 0 spiro atoms. The topological polar surface area (TPSA) is 93.2 Å². The molecule has 0 unspecified atom stereocenters. The molecule has 200 valence electrons. The molecule has 2 aliphatic rings. The molecule has 39 heavy (non-hydrogen) atoms. The van der Waals surface area contributed by atoms with Gasteiger partial charge < -0.3 is 14.4 Å². The van der Waals surface area contributed by atoms with Crippen molar-refractivity contribution in [2.45, 2.75) is 13.3 Å². The van der Waals surface area contributed by atoms with E-state index in [4.69, 9.17) is 55.9 Å². The summed E-state index contributed by atoms with van der Waals surface area (Å²) < 4.78 is 11.1. The van der Waals surface area contributed by atoms with Crippen LogP contribution < -0.4 is 19.3 Å². The zero-order chi connectivity index (χ0) is 28.0. The Hall–Kier alpha value is -3.30. The van der Waals surface area contributed by atoms with Crippen LogP contribution in [0.15, 0.2) is 48.5 Å². The molecule has 1 fully saturated rings. The summed E-state index contributed by atoms with van der Waals surface area (Å²) in [4.78, 5) is 54.1. The van der Waals surface area contributed by atoms with Gasteiger partial charge in [0.1, 0.15) is 11.5 Å². The van der Waals surface area contributed by atoms with E-state index in [2.05, 4.69) is 0 Å². The van der Waals surface area contributed by atoms with E-state index in [-0.39, 0.29) is 61.5 Å². The van der Waals surface area contributed by atoms with Crippen LogP contribution in [0.25, 0.3) is 0 Å². The maximum absolute atomic E-state index is 13.1. The van der Waals surface area contributed by atoms with Gasteiger partial charge in [-0.25, -0.2) is 4.90 Å². The highest BCUT2D eigenvalue weighted by atomic mass is 35.5. The number of anilines is 2. The van der Waals surface area contributed by atoms with E-state index in [9.17, 15) is 19.2 Å². The molecule has 0 N–H and O–H groups in total. The minimum atomic E-state index is -0.720. The van der Waals surface area contributed by atoms with E-state index >= 15 is 0 Å². The van der Waals surface area contributed by atoms with Gasteiger partial charge in [0.2, 0.25) is 5.91 Å². The molecule has 3 aromatic carbocycles. The van der Waals surface area contributed by atoms with E-state index in [0.717, 1.165) is 4.90 Å². The molecule has 3 aromatic rings. The quantitative estimate of drug-likeness (QED) is 0.105. The summed E-state index contributed by atoms with van der Waals surface area (Å²) >= 11 is 24.5. The molecule has 1 atom stereocenters. The van der Waals surface area contributed by atoms with E-state index in [0.29, 0.717) is 18.0 Å². The second-order valence-corrected chi connectivity index (χ2v) is 10.2. The van der Waals surface area contributed by atoms with Crippen molar-refractivity contribution in [3.63, 3.8) is 0 Å². The van der Waals surface area contributed by atoms with Crippen molar-refractivity contribution in [1.29, 1.82) is 0 Å². The third-order valence-corrected chi connectivity index (χ3v) is 8.13. The van der Waals surface area contributed by atoms with Gasteiger partial charge in [-0.2, -0.15) is 0 Å².